The third-order valence-electron chi connectivity index (χ3n) is 7.30. The minimum atomic E-state index is -0.705. The Balaban J connectivity index is 1.45. The van der Waals surface area contributed by atoms with Gasteiger partial charge in [0, 0.05) is 24.0 Å². The molecule has 2 heterocycles. The van der Waals surface area contributed by atoms with E-state index in [0.717, 1.165) is 47.8 Å². The topological polar surface area (TPSA) is 82.2 Å². The number of para-hydroxylation sites is 1. The number of piperidine rings is 1. The fourth-order valence-corrected chi connectivity index (χ4v) is 5.18. The second kappa shape index (κ2) is 12.2. The van der Waals surface area contributed by atoms with Crippen molar-refractivity contribution in [1.29, 1.82) is 0 Å². The standard InChI is InChI=1S/C32H34N4O4/c1-3-40-32(39)36-27-15-9-8-14-26(27)29(31(36)38)30(23-12-6-4-7-13-23)33-24-16-18-25(19-17-24)34(2)28(37)22-35-20-10-5-11-21-35/h4,6-9,12-19,33H,3,5,10-11,20-22H2,1-2H3/b30-29-. The van der Waals surface area contributed by atoms with Crippen LogP contribution in [0, 0.1) is 0 Å². The zero-order valence-corrected chi connectivity index (χ0v) is 22.9. The number of hydrogen-bond donors (Lipinski definition) is 1. The summed E-state index contributed by atoms with van der Waals surface area (Å²) in [5.74, 6) is -0.396. The summed E-state index contributed by atoms with van der Waals surface area (Å²) in [4.78, 5) is 44.4. The second-order valence-electron chi connectivity index (χ2n) is 9.93. The first-order valence-electron chi connectivity index (χ1n) is 13.7. The first-order valence-corrected chi connectivity index (χ1v) is 13.7. The number of amides is 3. The number of carbonyl (C=O) groups is 3. The van der Waals surface area contributed by atoms with Gasteiger partial charge in [-0.15, -0.1) is 0 Å². The molecule has 3 aromatic carbocycles. The monoisotopic (exact) mass is 538 g/mol. The van der Waals surface area contributed by atoms with Crippen molar-refractivity contribution in [3.05, 3.63) is 90.0 Å². The zero-order valence-electron chi connectivity index (χ0n) is 22.9. The van der Waals surface area contributed by atoms with Crippen LogP contribution in [0.5, 0.6) is 0 Å². The molecule has 0 unspecified atom stereocenters. The van der Waals surface area contributed by atoms with Crippen molar-refractivity contribution < 1.29 is 19.1 Å². The average molecular weight is 539 g/mol. The fourth-order valence-electron chi connectivity index (χ4n) is 5.18. The van der Waals surface area contributed by atoms with Gasteiger partial charge in [0.05, 0.1) is 30.1 Å². The lowest BCUT2D eigenvalue weighted by Gasteiger charge is -2.28. The molecule has 1 N–H and O–H groups in total. The number of hydrogen-bond acceptors (Lipinski definition) is 6. The summed E-state index contributed by atoms with van der Waals surface area (Å²) in [5, 5.41) is 3.43. The van der Waals surface area contributed by atoms with Crippen molar-refractivity contribution in [1.82, 2.24) is 4.90 Å². The number of anilines is 3. The first kappa shape index (κ1) is 27.1. The highest BCUT2D eigenvalue weighted by molar-refractivity contribution is 6.43. The summed E-state index contributed by atoms with van der Waals surface area (Å²) in [5.41, 5.74) is 4.42. The van der Waals surface area contributed by atoms with Crippen LogP contribution >= 0.6 is 0 Å². The Kier molecular flexibility index (Phi) is 8.26. The predicted molar refractivity (Wildman–Crippen MR) is 158 cm³/mol. The molecular weight excluding hydrogens is 504 g/mol. The maximum atomic E-state index is 13.7. The molecule has 2 aliphatic rings. The van der Waals surface area contributed by atoms with Crippen LogP contribution in [0.3, 0.4) is 0 Å². The van der Waals surface area contributed by atoms with Gasteiger partial charge in [-0.1, -0.05) is 55.0 Å². The Morgan fingerprint density at radius 1 is 0.900 bits per heavy atom. The minimum absolute atomic E-state index is 0.0573. The lowest BCUT2D eigenvalue weighted by molar-refractivity contribution is -0.119. The van der Waals surface area contributed by atoms with Crippen LogP contribution in [-0.4, -0.2) is 56.1 Å². The number of imide groups is 1. The molecule has 8 heteroatoms. The van der Waals surface area contributed by atoms with E-state index < -0.39 is 12.0 Å². The van der Waals surface area contributed by atoms with E-state index in [0.29, 0.717) is 29.1 Å². The van der Waals surface area contributed by atoms with Crippen LogP contribution in [0.15, 0.2) is 78.9 Å². The summed E-state index contributed by atoms with van der Waals surface area (Å²) in [7, 11) is 1.80. The molecule has 2 aliphatic heterocycles. The normalized spacial score (nSPS) is 16.4. The number of ether oxygens (including phenoxy) is 1. The molecule has 0 aromatic heterocycles. The largest absolute Gasteiger partial charge is 0.449 e. The molecule has 0 radical (unpaired) electrons. The molecule has 5 rings (SSSR count). The lowest BCUT2D eigenvalue weighted by Crippen LogP contribution is -2.40. The average Bonchev–Trinajstić information content (AvgIpc) is 3.28. The van der Waals surface area contributed by atoms with Gasteiger partial charge in [0.15, 0.2) is 0 Å². The van der Waals surface area contributed by atoms with Gasteiger partial charge in [-0.2, -0.15) is 0 Å². The number of benzene rings is 3. The Labute approximate surface area is 234 Å². The second-order valence-corrected chi connectivity index (χ2v) is 9.93. The molecule has 8 nitrogen and oxygen atoms in total. The Hall–Kier alpha value is -4.43. The van der Waals surface area contributed by atoms with Crippen molar-refractivity contribution in [2.75, 3.05) is 48.4 Å². The number of likely N-dealkylation sites (tertiary alicyclic amines) is 1. The molecule has 3 amide bonds. The number of carbonyl (C=O) groups excluding carboxylic acids is 3. The SMILES string of the molecule is CCOC(=O)N1C(=O)/C(=C(\Nc2ccc(N(C)C(=O)CN3CCCCC3)cc2)c2ccccc2)c2ccccc21. The number of nitrogens with zero attached hydrogens (tertiary/aromatic N) is 3. The van der Waals surface area contributed by atoms with Crippen LogP contribution in [0.1, 0.15) is 37.3 Å². The van der Waals surface area contributed by atoms with E-state index in [1.807, 2.05) is 66.7 Å². The van der Waals surface area contributed by atoms with Crippen molar-refractivity contribution in [3.8, 4) is 0 Å². The van der Waals surface area contributed by atoms with Crippen LogP contribution < -0.4 is 15.1 Å². The molecule has 40 heavy (non-hydrogen) atoms. The van der Waals surface area contributed by atoms with E-state index in [-0.39, 0.29) is 12.5 Å². The van der Waals surface area contributed by atoms with E-state index in [9.17, 15) is 14.4 Å². The van der Waals surface area contributed by atoms with Gasteiger partial charge in [0.1, 0.15) is 0 Å². The Morgan fingerprint density at radius 2 is 1.57 bits per heavy atom. The summed E-state index contributed by atoms with van der Waals surface area (Å²) < 4.78 is 5.20. The van der Waals surface area contributed by atoms with E-state index in [4.69, 9.17) is 4.74 Å². The molecular formula is C32H34N4O4. The van der Waals surface area contributed by atoms with E-state index in [1.54, 1.807) is 31.0 Å². The number of fused-ring (bicyclic) bond motifs is 1. The van der Waals surface area contributed by atoms with Crippen molar-refractivity contribution >= 4 is 46.2 Å². The summed E-state index contributed by atoms with van der Waals surface area (Å²) >= 11 is 0. The highest BCUT2D eigenvalue weighted by Gasteiger charge is 2.39. The predicted octanol–water partition coefficient (Wildman–Crippen LogP) is 5.62. The first-order chi connectivity index (χ1) is 19.5. The lowest BCUT2D eigenvalue weighted by atomic mass is 10.00. The van der Waals surface area contributed by atoms with Crippen molar-refractivity contribution in [2.45, 2.75) is 26.2 Å². The van der Waals surface area contributed by atoms with E-state index >= 15 is 0 Å². The quantitative estimate of drug-likeness (QED) is 0.394. The van der Waals surface area contributed by atoms with Gasteiger partial charge in [0.25, 0.3) is 5.91 Å². The summed E-state index contributed by atoms with van der Waals surface area (Å²) in [6.07, 6.45) is 2.81. The minimum Gasteiger partial charge on any atom is -0.449 e. The highest BCUT2D eigenvalue weighted by atomic mass is 16.6. The number of nitrogens with one attached hydrogen (secondary N) is 1. The summed E-state index contributed by atoms with van der Waals surface area (Å²) in [6, 6.07) is 24.3. The number of likely N-dealkylation sites (N-methyl/N-ethyl adjacent to an activating group) is 1. The van der Waals surface area contributed by atoms with Crippen molar-refractivity contribution in [3.63, 3.8) is 0 Å². The molecule has 0 atom stereocenters. The van der Waals surface area contributed by atoms with Gasteiger partial charge in [-0.3, -0.25) is 14.5 Å². The number of rotatable bonds is 7. The molecule has 0 aliphatic carbocycles. The van der Waals surface area contributed by atoms with Crippen LogP contribution in [0.25, 0.3) is 11.3 Å². The fraction of sp³-hybridized carbons (Fsp3) is 0.281. The molecule has 0 bridgehead atoms. The zero-order chi connectivity index (χ0) is 28.1. The van der Waals surface area contributed by atoms with Gasteiger partial charge in [-0.25, -0.2) is 9.69 Å². The van der Waals surface area contributed by atoms with Gasteiger partial charge in [-0.05, 0) is 68.8 Å². The van der Waals surface area contributed by atoms with Crippen LogP contribution in [0.2, 0.25) is 0 Å². The maximum Gasteiger partial charge on any atom is 0.421 e. The van der Waals surface area contributed by atoms with Crippen molar-refractivity contribution in [2.24, 2.45) is 0 Å². The van der Waals surface area contributed by atoms with Crippen LogP contribution in [0.4, 0.5) is 21.9 Å². The molecule has 3 aromatic rings. The van der Waals surface area contributed by atoms with E-state index in [2.05, 4.69) is 10.2 Å². The summed E-state index contributed by atoms with van der Waals surface area (Å²) in [6.45, 7) is 4.22. The van der Waals surface area contributed by atoms with Gasteiger partial charge < -0.3 is 15.0 Å². The molecule has 0 saturated carbocycles. The van der Waals surface area contributed by atoms with Gasteiger partial charge in [0.2, 0.25) is 5.91 Å². The smallest absolute Gasteiger partial charge is 0.421 e. The Bertz CT molecular complexity index is 1410. The molecule has 0 spiro atoms. The van der Waals surface area contributed by atoms with Crippen LogP contribution in [-0.2, 0) is 14.3 Å². The third kappa shape index (κ3) is 5.62. The van der Waals surface area contributed by atoms with E-state index in [1.165, 1.54) is 6.42 Å². The third-order valence-corrected chi connectivity index (χ3v) is 7.30. The highest BCUT2D eigenvalue weighted by Crippen LogP contribution is 2.41. The molecule has 1 fully saturated rings. The Morgan fingerprint density at radius 3 is 2.27 bits per heavy atom. The molecule has 1 saturated heterocycles. The van der Waals surface area contributed by atoms with Gasteiger partial charge >= 0.3 is 6.09 Å². The molecule has 206 valence electrons. The maximum absolute atomic E-state index is 13.7.